The van der Waals surface area contributed by atoms with E-state index in [2.05, 4.69) is 132 Å². The fourth-order valence-corrected chi connectivity index (χ4v) is 7.44. The van der Waals surface area contributed by atoms with Gasteiger partial charge in [0.2, 0.25) is 0 Å². The summed E-state index contributed by atoms with van der Waals surface area (Å²) < 4.78 is 2.36. The van der Waals surface area contributed by atoms with Crippen LogP contribution in [0.15, 0.2) is 163 Å². The van der Waals surface area contributed by atoms with E-state index in [9.17, 15) is 0 Å². The number of nitrogens with zero attached hydrogens (tertiary/aromatic N) is 4. The summed E-state index contributed by atoms with van der Waals surface area (Å²) in [7, 11) is 0. The fourth-order valence-electron chi connectivity index (χ4n) is 6.44. The molecule has 47 heavy (non-hydrogen) atoms. The summed E-state index contributed by atoms with van der Waals surface area (Å²) in [5, 5.41) is 1.01. The number of hydrogen-bond acceptors (Lipinski definition) is 4. The van der Waals surface area contributed by atoms with E-state index < -0.39 is 0 Å². The molecule has 0 amide bonds. The van der Waals surface area contributed by atoms with Gasteiger partial charge in [-0.05, 0) is 41.0 Å². The summed E-state index contributed by atoms with van der Waals surface area (Å²) in [6.45, 7) is 0. The topological polar surface area (TPSA) is 43.6 Å². The first-order valence-corrected chi connectivity index (χ1v) is 16.7. The van der Waals surface area contributed by atoms with Crippen LogP contribution in [0.1, 0.15) is 5.56 Å². The zero-order valence-electron chi connectivity index (χ0n) is 25.4. The molecule has 3 heterocycles. The molecule has 0 N–H and O–H groups in total. The molecule has 222 valence electrons. The van der Waals surface area contributed by atoms with Gasteiger partial charge in [-0.15, -0.1) is 0 Å². The van der Waals surface area contributed by atoms with Crippen LogP contribution in [0, 0.1) is 0 Å². The van der Waals surface area contributed by atoms with E-state index in [-0.39, 0.29) is 0 Å². The largest absolute Gasteiger partial charge is 0.286 e. The normalized spacial score (nSPS) is 12.1. The second-order valence-electron chi connectivity index (χ2n) is 11.6. The average Bonchev–Trinajstić information content (AvgIpc) is 3.56. The molecule has 0 unspecified atom stereocenters. The quantitative estimate of drug-likeness (QED) is 0.192. The van der Waals surface area contributed by atoms with E-state index in [0.29, 0.717) is 0 Å². The first-order chi connectivity index (χ1) is 23.3. The minimum Gasteiger partial charge on any atom is -0.286 e. The molecule has 6 aromatic carbocycles. The smallest absolute Gasteiger partial charge is 0.174 e. The van der Waals surface area contributed by atoms with Crippen molar-refractivity contribution in [1.82, 2.24) is 19.5 Å². The molecule has 1 aliphatic heterocycles. The Hall–Kier alpha value is -5.78. The van der Waals surface area contributed by atoms with Crippen LogP contribution in [0.5, 0.6) is 0 Å². The van der Waals surface area contributed by atoms with E-state index in [1.54, 1.807) is 11.8 Å². The third kappa shape index (κ3) is 4.93. The third-order valence-corrected chi connectivity index (χ3v) is 9.70. The molecule has 0 aliphatic carbocycles. The lowest BCUT2D eigenvalue weighted by Gasteiger charge is -2.22. The molecule has 0 fully saturated rings. The minimum absolute atomic E-state index is 0.877. The molecule has 0 bridgehead atoms. The lowest BCUT2D eigenvalue weighted by atomic mass is 9.97. The van der Waals surface area contributed by atoms with Crippen LogP contribution in [0.3, 0.4) is 0 Å². The molecule has 0 radical (unpaired) electrons. The molecule has 8 aromatic rings. The van der Waals surface area contributed by atoms with Gasteiger partial charge < -0.3 is 0 Å². The first-order valence-electron chi connectivity index (χ1n) is 15.7. The van der Waals surface area contributed by atoms with E-state index >= 15 is 0 Å². The Morgan fingerprint density at radius 2 is 0.957 bits per heavy atom. The zero-order chi connectivity index (χ0) is 31.2. The van der Waals surface area contributed by atoms with Gasteiger partial charge in [0.05, 0.1) is 39.5 Å². The predicted octanol–water partition coefficient (Wildman–Crippen LogP) is 10.8. The van der Waals surface area contributed by atoms with Gasteiger partial charge >= 0.3 is 0 Å². The van der Waals surface area contributed by atoms with Crippen LogP contribution in [-0.2, 0) is 5.75 Å². The number of para-hydroxylation sites is 2. The van der Waals surface area contributed by atoms with E-state index in [0.717, 1.165) is 78.1 Å². The first kappa shape index (κ1) is 27.5. The van der Waals surface area contributed by atoms with Crippen molar-refractivity contribution in [2.45, 2.75) is 10.9 Å². The van der Waals surface area contributed by atoms with Crippen molar-refractivity contribution in [2.75, 3.05) is 0 Å². The van der Waals surface area contributed by atoms with Crippen molar-refractivity contribution >= 4 is 22.8 Å². The highest BCUT2D eigenvalue weighted by Crippen LogP contribution is 2.44. The van der Waals surface area contributed by atoms with E-state index in [1.165, 1.54) is 11.3 Å². The highest BCUT2D eigenvalue weighted by atomic mass is 32.2. The van der Waals surface area contributed by atoms with Gasteiger partial charge in [0.25, 0.3) is 0 Å². The van der Waals surface area contributed by atoms with Crippen LogP contribution in [0.4, 0.5) is 0 Å². The number of rotatable bonds is 5. The van der Waals surface area contributed by atoms with Gasteiger partial charge in [0.1, 0.15) is 0 Å². The van der Waals surface area contributed by atoms with Crippen LogP contribution >= 0.6 is 11.8 Å². The molecule has 0 atom stereocenters. The Labute approximate surface area is 277 Å². The summed E-state index contributed by atoms with van der Waals surface area (Å²) >= 11 is 1.79. The van der Waals surface area contributed by atoms with Crippen molar-refractivity contribution in [2.24, 2.45) is 0 Å². The Balaban J connectivity index is 1.20. The molecule has 0 saturated carbocycles. The lowest BCUT2D eigenvalue weighted by Crippen LogP contribution is -2.07. The summed E-state index contributed by atoms with van der Waals surface area (Å²) in [4.78, 5) is 15.5. The minimum atomic E-state index is 0.877. The SMILES string of the molecule is c1ccc(-c2nc3ccccc3nc2-c2cccc(-c3ccc4c(c3)-n3c(nc(-c5ccccc5)c3-c3ccccc3)SC4)c2)cc1. The summed E-state index contributed by atoms with van der Waals surface area (Å²) in [5.74, 6) is 0.877. The summed E-state index contributed by atoms with van der Waals surface area (Å²) in [6.07, 6.45) is 0. The van der Waals surface area contributed by atoms with Gasteiger partial charge in [-0.25, -0.2) is 15.0 Å². The Morgan fingerprint density at radius 1 is 0.426 bits per heavy atom. The number of hydrogen-bond donors (Lipinski definition) is 0. The van der Waals surface area contributed by atoms with Crippen molar-refractivity contribution in [3.63, 3.8) is 0 Å². The lowest BCUT2D eigenvalue weighted by molar-refractivity contribution is 0.878. The second-order valence-corrected chi connectivity index (χ2v) is 12.6. The average molecular weight is 621 g/mol. The van der Waals surface area contributed by atoms with Crippen LogP contribution in [0.2, 0.25) is 0 Å². The van der Waals surface area contributed by atoms with Gasteiger partial charge in [0, 0.05) is 28.0 Å². The van der Waals surface area contributed by atoms with Crippen molar-refractivity contribution < 1.29 is 0 Å². The zero-order valence-corrected chi connectivity index (χ0v) is 26.2. The monoisotopic (exact) mass is 620 g/mol. The van der Waals surface area contributed by atoms with Crippen molar-refractivity contribution in [3.05, 3.63) is 163 Å². The standard InChI is InChI=1S/C42H28N4S/c1-4-13-28(14-5-1)38-39(44-36-22-11-10-21-35(36)43-38)33-20-12-19-31(25-33)32-23-24-34-27-47-42-45-40(29-15-6-2-7-16-29)41(46(42)37(34)26-32)30-17-8-3-9-18-30/h1-26H,27H2. The van der Waals surface area contributed by atoms with Gasteiger partial charge in [0.15, 0.2) is 5.16 Å². The number of aromatic nitrogens is 4. The molecule has 1 aliphatic rings. The molecular weight excluding hydrogens is 593 g/mol. The number of benzene rings is 6. The molecule has 5 heteroatoms. The fraction of sp³-hybridized carbons (Fsp3) is 0.0238. The Morgan fingerprint density at radius 3 is 1.64 bits per heavy atom. The number of fused-ring (bicyclic) bond motifs is 4. The van der Waals surface area contributed by atoms with Gasteiger partial charge in [-0.3, -0.25) is 4.57 Å². The van der Waals surface area contributed by atoms with Gasteiger partial charge in [-0.2, -0.15) is 0 Å². The number of thioether (sulfide) groups is 1. The highest BCUT2D eigenvalue weighted by molar-refractivity contribution is 7.98. The van der Waals surface area contributed by atoms with Crippen molar-refractivity contribution in [3.8, 4) is 61.8 Å². The summed E-state index contributed by atoms with van der Waals surface area (Å²) in [6, 6.07) is 55.1. The molecule has 9 rings (SSSR count). The molecule has 0 saturated heterocycles. The van der Waals surface area contributed by atoms with E-state index in [1.807, 2.05) is 30.3 Å². The molecule has 4 nitrogen and oxygen atoms in total. The molecule has 2 aromatic heterocycles. The number of imidazole rings is 1. The van der Waals surface area contributed by atoms with Crippen LogP contribution < -0.4 is 0 Å². The molecular formula is C42H28N4S. The second kappa shape index (κ2) is 11.5. The van der Waals surface area contributed by atoms with Crippen LogP contribution in [-0.4, -0.2) is 19.5 Å². The predicted molar refractivity (Wildman–Crippen MR) is 193 cm³/mol. The van der Waals surface area contributed by atoms with Gasteiger partial charge in [-0.1, -0.05) is 145 Å². The third-order valence-electron chi connectivity index (χ3n) is 8.71. The van der Waals surface area contributed by atoms with E-state index in [4.69, 9.17) is 15.0 Å². The maximum absolute atomic E-state index is 5.23. The Kier molecular flexibility index (Phi) is 6.76. The maximum atomic E-state index is 5.23. The van der Waals surface area contributed by atoms with Crippen LogP contribution in [0.25, 0.3) is 72.9 Å². The molecule has 0 spiro atoms. The maximum Gasteiger partial charge on any atom is 0.174 e. The van der Waals surface area contributed by atoms with Crippen molar-refractivity contribution in [1.29, 1.82) is 0 Å². The summed E-state index contributed by atoms with van der Waals surface area (Å²) in [5.41, 5.74) is 14.7. The Bertz CT molecular complexity index is 2400. The highest BCUT2D eigenvalue weighted by Gasteiger charge is 2.26.